The Morgan fingerprint density at radius 3 is 1.81 bits per heavy atom. The topological polar surface area (TPSA) is 36.9 Å². The Kier molecular flexibility index (Phi) is 3.83. The average Bonchev–Trinajstić information content (AvgIpc) is 3.26. The quantitative estimate of drug-likeness (QED) is 0.599. The van der Waals surface area contributed by atoms with Gasteiger partial charge in [0.15, 0.2) is 23.0 Å². The van der Waals surface area contributed by atoms with Gasteiger partial charge in [-0.1, -0.05) is 0 Å². The average molecular weight is 386 g/mol. The van der Waals surface area contributed by atoms with Gasteiger partial charge in [-0.05, 0) is 42.7 Å². The van der Waals surface area contributed by atoms with Crippen LogP contribution in [0.2, 0.25) is 0 Å². The van der Waals surface area contributed by atoms with Crippen molar-refractivity contribution < 1.29 is 18.9 Å². The molecule has 6 heteroatoms. The first-order valence-corrected chi connectivity index (χ1v) is 10.3. The molecule has 0 amide bonds. The molecular weight excluding hydrogens is 368 g/mol. The Morgan fingerprint density at radius 2 is 1.19 bits per heavy atom. The van der Waals surface area contributed by atoms with Gasteiger partial charge in [0.25, 0.3) is 0 Å². The van der Waals surface area contributed by atoms with E-state index in [0.717, 1.165) is 32.8 Å². The van der Waals surface area contributed by atoms with Gasteiger partial charge in [-0.25, -0.2) is 0 Å². The second kappa shape index (κ2) is 6.21. The van der Waals surface area contributed by atoms with Crippen LogP contribution in [0.15, 0.2) is 22.9 Å². The number of thiophene rings is 2. The summed E-state index contributed by atoms with van der Waals surface area (Å²) in [6, 6.07) is 4.45. The lowest BCUT2D eigenvalue weighted by Crippen LogP contribution is -2.14. The molecule has 2 aromatic heterocycles. The molecule has 0 spiro atoms. The van der Waals surface area contributed by atoms with Crippen LogP contribution in [-0.4, -0.2) is 26.4 Å². The van der Waals surface area contributed by atoms with Crippen LogP contribution in [0, 0.1) is 13.8 Å². The summed E-state index contributed by atoms with van der Waals surface area (Å²) in [7, 11) is 0. The van der Waals surface area contributed by atoms with Crippen LogP contribution >= 0.6 is 22.7 Å². The number of aryl methyl sites for hydroxylation is 2. The van der Waals surface area contributed by atoms with Crippen molar-refractivity contribution in [3.8, 4) is 43.9 Å². The SMILES string of the molecule is Cc1cc(-c2scc3c2OCCO3)cc(C)c1-c1scc2c1OCCO2. The monoisotopic (exact) mass is 386 g/mol. The van der Waals surface area contributed by atoms with Crippen LogP contribution in [0.3, 0.4) is 0 Å². The normalized spacial score (nSPS) is 15.2. The van der Waals surface area contributed by atoms with Crippen LogP contribution in [0.5, 0.6) is 23.0 Å². The van der Waals surface area contributed by atoms with E-state index < -0.39 is 0 Å². The van der Waals surface area contributed by atoms with Crippen molar-refractivity contribution >= 4 is 22.7 Å². The number of rotatable bonds is 2. The lowest BCUT2D eigenvalue weighted by molar-refractivity contribution is 0.174. The van der Waals surface area contributed by atoms with Crippen molar-refractivity contribution in [2.45, 2.75) is 13.8 Å². The predicted octanol–water partition coefficient (Wildman–Crippen LogP) is 5.30. The van der Waals surface area contributed by atoms with Crippen molar-refractivity contribution in [2.75, 3.05) is 26.4 Å². The first-order valence-electron chi connectivity index (χ1n) is 8.58. The molecule has 0 unspecified atom stereocenters. The molecule has 0 saturated heterocycles. The second-order valence-electron chi connectivity index (χ2n) is 6.40. The summed E-state index contributed by atoms with van der Waals surface area (Å²) in [4.78, 5) is 2.28. The summed E-state index contributed by atoms with van der Waals surface area (Å²) in [5.41, 5.74) is 4.84. The van der Waals surface area contributed by atoms with Gasteiger partial charge in [-0.3, -0.25) is 0 Å². The molecule has 0 N–H and O–H groups in total. The minimum atomic E-state index is 0.603. The molecule has 4 heterocycles. The second-order valence-corrected chi connectivity index (χ2v) is 8.15. The highest BCUT2D eigenvalue weighted by atomic mass is 32.1. The van der Waals surface area contributed by atoms with Crippen LogP contribution < -0.4 is 18.9 Å². The Hall–Kier alpha value is -2.18. The van der Waals surface area contributed by atoms with Crippen molar-refractivity contribution in [1.29, 1.82) is 0 Å². The fourth-order valence-corrected chi connectivity index (χ4v) is 5.58. The van der Waals surface area contributed by atoms with Crippen molar-refractivity contribution in [2.24, 2.45) is 0 Å². The fourth-order valence-electron chi connectivity index (χ4n) is 3.55. The standard InChI is InChI=1S/C20H18O4S2/c1-11-7-13(19-17-14(9-25-19)21-3-5-23-17)8-12(2)16(11)20-18-15(10-26-20)22-4-6-24-18/h7-10H,3-6H2,1-2H3. The molecule has 26 heavy (non-hydrogen) atoms. The summed E-state index contributed by atoms with van der Waals surface area (Å²) in [6.45, 7) is 6.74. The first-order chi connectivity index (χ1) is 12.7. The van der Waals surface area contributed by atoms with E-state index in [2.05, 4.69) is 26.0 Å². The van der Waals surface area contributed by atoms with E-state index in [0.29, 0.717) is 26.4 Å². The lowest BCUT2D eigenvalue weighted by atomic mass is 9.97. The van der Waals surface area contributed by atoms with E-state index in [1.165, 1.54) is 22.3 Å². The highest BCUT2D eigenvalue weighted by Crippen LogP contribution is 2.50. The molecule has 0 bridgehead atoms. The maximum Gasteiger partial charge on any atom is 0.179 e. The molecule has 2 aliphatic heterocycles. The van der Waals surface area contributed by atoms with Gasteiger partial charge in [0.2, 0.25) is 0 Å². The molecule has 0 radical (unpaired) electrons. The third-order valence-electron chi connectivity index (χ3n) is 4.62. The molecule has 0 fully saturated rings. The molecule has 0 atom stereocenters. The third kappa shape index (κ3) is 2.47. The predicted molar refractivity (Wildman–Crippen MR) is 105 cm³/mol. The van der Waals surface area contributed by atoms with Crippen LogP contribution in [0.4, 0.5) is 0 Å². The Morgan fingerprint density at radius 1 is 0.692 bits per heavy atom. The lowest BCUT2D eigenvalue weighted by Gasteiger charge is -2.19. The zero-order chi connectivity index (χ0) is 17.7. The fraction of sp³-hybridized carbons (Fsp3) is 0.300. The number of hydrogen-bond acceptors (Lipinski definition) is 6. The summed E-state index contributed by atoms with van der Waals surface area (Å²) in [6.07, 6.45) is 0. The molecule has 2 aliphatic rings. The van der Waals surface area contributed by atoms with Crippen LogP contribution in [-0.2, 0) is 0 Å². The Bertz CT molecular complexity index is 963. The van der Waals surface area contributed by atoms with Crippen molar-refractivity contribution in [1.82, 2.24) is 0 Å². The third-order valence-corrected chi connectivity index (χ3v) is 6.57. The van der Waals surface area contributed by atoms with Gasteiger partial charge in [0, 0.05) is 16.3 Å². The molecule has 5 rings (SSSR count). The molecule has 1 aromatic carbocycles. The van der Waals surface area contributed by atoms with Gasteiger partial charge in [-0.2, -0.15) is 0 Å². The number of benzene rings is 1. The molecule has 0 aliphatic carbocycles. The van der Waals surface area contributed by atoms with E-state index in [1.807, 2.05) is 10.8 Å². The molecular formula is C20H18O4S2. The minimum Gasteiger partial charge on any atom is -0.485 e. The van der Waals surface area contributed by atoms with Crippen LogP contribution in [0.25, 0.3) is 20.9 Å². The zero-order valence-corrected chi connectivity index (χ0v) is 16.2. The van der Waals surface area contributed by atoms with E-state index in [1.54, 1.807) is 22.7 Å². The van der Waals surface area contributed by atoms with E-state index >= 15 is 0 Å². The molecule has 3 aromatic rings. The van der Waals surface area contributed by atoms with Gasteiger partial charge in [0.1, 0.15) is 26.4 Å². The summed E-state index contributed by atoms with van der Waals surface area (Å²) in [5, 5.41) is 4.07. The smallest absolute Gasteiger partial charge is 0.179 e. The largest absolute Gasteiger partial charge is 0.485 e. The van der Waals surface area contributed by atoms with E-state index in [9.17, 15) is 0 Å². The first kappa shape index (κ1) is 16.0. The maximum absolute atomic E-state index is 5.89. The minimum absolute atomic E-state index is 0.603. The zero-order valence-electron chi connectivity index (χ0n) is 14.6. The Labute approximate surface area is 159 Å². The number of hydrogen-bond donors (Lipinski definition) is 0. The Balaban J connectivity index is 1.60. The number of ether oxygens (including phenoxy) is 4. The van der Waals surface area contributed by atoms with Gasteiger partial charge >= 0.3 is 0 Å². The maximum atomic E-state index is 5.89. The highest BCUT2D eigenvalue weighted by molar-refractivity contribution is 7.14. The highest BCUT2D eigenvalue weighted by Gasteiger charge is 2.24. The van der Waals surface area contributed by atoms with Crippen molar-refractivity contribution in [3.05, 3.63) is 34.0 Å². The van der Waals surface area contributed by atoms with Crippen LogP contribution in [0.1, 0.15) is 11.1 Å². The molecule has 0 saturated carbocycles. The van der Waals surface area contributed by atoms with E-state index in [-0.39, 0.29) is 0 Å². The molecule has 134 valence electrons. The van der Waals surface area contributed by atoms with Gasteiger partial charge in [-0.15, -0.1) is 22.7 Å². The number of fused-ring (bicyclic) bond motifs is 2. The van der Waals surface area contributed by atoms with Gasteiger partial charge < -0.3 is 18.9 Å². The molecule has 4 nitrogen and oxygen atoms in total. The summed E-state index contributed by atoms with van der Waals surface area (Å²) < 4.78 is 23.1. The summed E-state index contributed by atoms with van der Waals surface area (Å²) >= 11 is 3.35. The van der Waals surface area contributed by atoms with Crippen molar-refractivity contribution in [3.63, 3.8) is 0 Å². The summed E-state index contributed by atoms with van der Waals surface area (Å²) in [5.74, 6) is 3.47. The van der Waals surface area contributed by atoms with Gasteiger partial charge in [0.05, 0.1) is 9.75 Å². The van der Waals surface area contributed by atoms with E-state index in [4.69, 9.17) is 18.9 Å².